The van der Waals surface area contributed by atoms with Gasteiger partial charge in [-0.05, 0) is 27.2 Å². The van der Waals surface area contributed by atoms with Crippen LogP contribution in [0.1, 0.15) is 33.6 Å². The van der Waals surface area contributed by atoms with E-state index in [4.69, 9.17) is 9.47 Å². The van der Waals surface area contributed by atoms with Crippen molar-refractivity contribution in [2.24, 2.45) is 11.8 Å². The predicted octanol–water partition coefficient (Wildman–Crippen LogP) is 3.11. The molecule has 1 aliphatic heterocycles. The van der Waals surface area contributed by atoms with E-state index in [1.807, 2.05) is 26.8 Å². The molecule has 0 bridgehead atoms. The molecule has 102 valence electrons. The molecule has 3 heteroatoms. The molecule has 0 spiro atoms. The van der Waals surface area contributed by atoms with Gasteiger partial charge in [0.2, 0.25) is 0 Å². The van der Waals surface area contributed by atoms with Gasteiger partial charge >= 0.3 is 5.97 Å². The Balaban J connectivity index is 2.53. The molecule has 0 aromatic heterocycles. The Labute approximate surface area is 110 Å². The predicted molar refractivity (Wildman–Crippen MR) is 72.2 cm³/mol. The van der Waals surface area contributed by atoms with Gasteiger partial charge in [0.1, 0.15) is 5.60 Å². The summed E-state index contributed by atoms with van der Waals surface area (Å²) in [5.74, 6) is 0.165. The fourth-order valence-corrected chi connectivity index (χ4v) is 2.09. The van der Waals surface area contributed by atoms with Crippen molar-refractivity contribution in [2.45, 2.75) is 39.2 Å². The Kier molecular flexibility index (Phi) is 5.15. The molecule has 0 N–H and O–H groups in total. The van der Waals surface area contributed by atoms with Gasteiger partial charge in [-0.1, -0.05) is 18.2 Å². The monoisotopic (exact) mass is 252 g/mol. The minimum atomic E-state index is -0.436. The summed E-state index contributed by atoms with van der Waals surface area (Å²) >= 11 is 0. The number of hydrogen-bond donors (Lipinski definition) is 0. The molecule has 0 aromatic rings. The molecule has 1 aliphatic rings. The van der Waals surface area contributed by atoms with Gasteiger partial charge in [-0.15, -0.1) is 6.58 Å². The lowest BCUT2D eigenvalue weighted by atomic mass is 9.84. The highest BCUT2D eigenvalue weighted by molar-refractivity contribution is 5.70. The number of esters is 1. The number of hydrogen-bond acceptors (Lipinski definition) is 3. The van der Waals surface area contributed by atoms with Crippen molar-refractivity contribution in [2.75, 3.05) is 13.2 Å². The van der Waals surface area contributed by atoms with Crippen molar-refractivity contribution in [3.63, 3.8) is 0 Å². The lowest BCUT2D eigenvalue weighted by Gasteiger charge is -2.31. The molecule has 1 saturated heterocycles. The number of carbonyl (C=O) groups is 1. The number of rotatable bonds is 4. The smallest absolute Gasteiger partial charge is 0.307 e. The lowest BCUT2D eigenvalue weighted by molar-refractivity contribution is -0.156. The molecule has 18 heavy (non-hydrogen) atoms. The lowest BCUT2D eigenvalue weighted by Crippen LogP contribution is -2.32. The van der Waals surface area contributed by atoms with Crippen LogP contribution in [0.25, 0.3) is 0 Å². The molecule has 1 rings (SSSR count). The summed E-state index contributed by atoms with van der Waals surface area (Å²) < 4.78 is 10.9. The van der Waals surface area contributed by atoms with Crippen LogP contribution in [0.4, 0.5) is 0 Å². The minimum absolute atomic E-state index is 0.0681. The van der Waals surface area contributed by atoms with Crippen LogP contribution < -0.4 is 0 Å². The summed E-state index contributed by atoms with van der Waals surface area (Å²) in [5, 5.41) is 0. The van der Waals surface area contributed by atoms with E-state index in [0.29, 0.717) is 19.6 Å². The maximum Gasteiger partial charge on any atom is 0.307 e. The molecule has 0 radical (unpaired) electrons. The summed E-state index contributed by atoms with van der Waals surface area (Å²) in [7, 11) is 0. The van der Waals surface area contributed by atoms with Crippen LogP contribution in [0.5, 0.6) is 0 Å². The average Bonchev–Trinajstić information content (AvgIpc) is 2.21. The van der Waals surface area contributed by atoms with E-state index in [2.05, 4.69) is 13.2 Å². The summed E-state index contributed by atoms with van der Waals surface area (Å²) in [4.78, 5) is 11.8. The van der Waals surface area contributed by atoms with E-state index in [9.17, 15) is 4.79 Å². The molecule has 1 fully saturated rings. The van der Waals surface area contributed by atoms with Crippen LogP contribution >= 0.6 is 0 Å². The number of ether oxygens (including phenoxy) is 2. The summed E-state index contributed by atoms with van der Waals surface area (Å²) in [6.07, 6.45) is 3.07. The normalized spacial score (nSPS) is 24.7. The van der Waals surface area contributed by atoms with E-state index >= 15 is 0 Å². The standard InChI is InChI=1S/C15H24O3/c1-6-7-12-9-17-10-13(11(12)2)8-14(16)18-15(3,4)5/h6,12-13H,1-2,7-10H2,3-5H3/t12?,13-/m1/s1. The molecular weight excluding hydrogens is 228 g/mol. The number of carbonyl (C=O) groups excluding carboxylic acids is 1. The van der Waals surface area contributed by atoms with Crippen LogP contribution in [-0.2, 0) is 14.3 Å². The van der Waals surface area contributed by atoms with Gasteiger partial charge in [0, 0.05) is 11.8 Å². The van der Waals surface area contributed by atoms with E-state index in [1.165, 1.54) is 0 Å². The fourth-order valence-electron chi connectivity index (χ4n) is 2.09. The highest BCUT2D eigenvalue weighted by atomic mass is 16.6. The Morgan fingerprint density at radius 2 is 2.06 bits per heavy atom. The van der Waals surface area contributed by atoms with E-state index in [0.717, 1.165) is 12.0 Å². The first-order valence-corrected chi connectivity index (χ1v) is 6.42. The maximum atomic E-state index is 11.8. The van der Waals surface area contributed by atoms with Crippen LogP contribution in [0, 0.1) is 11.8 Å². The zero-order chi connectivity index (χ0) is 13.8. The van der Waals surface area contributed by atoms with Gasteiger partial charge in [0.25, 0.3) is 0 Å². The van der Waals surface area contributed by atoms with Crippen LogP contribution in [0.15, 0.2) is 24.8 Å². The zero-order valence-corrected chi connectivity index (χ0v) is 11.7. The number of allylic oxidation sites excluding steroid dienone is 1. The quantitative estimate of drug-likeness (QED) is 0.569. The molecule has 3 nitrogen and oxygen atoms in total. The SMILES string of the molecule is C=CCC1COC[C@@H](CC(=O)OC(C)(C)C)C1=C. The van der Waals surface area contributed by atoms with E-state index in [-0.39, 0.29) is 17.8 Å². The Morgan fingerprint density at radius 3 is 2.61 bits per heavy atom. The highest BCUT2D eigenvalue weighted by Crippen LogP contribution is 2.30. The Hall–Kier alpha value is -1.09. The third-order valence-corrected chi connectivity index (χ3v) is 2.97. The van der Waals surface area contributed by atoms with Gasteiger partial charge in [-0.2, -0.15) is 0 Å². The average molecular weight is 252 g/mol. The van der Waals surface area contributed by atoms with Gasteiger partial charge in [-0.3, -0.25) is 4.79 Å². The van der Waals surface area contributed by atoms with Crippen LogP contribution in [0.3, 0.4) is 0 Å². The molecule has 0 saturated carbocycles. The Morgan fingerprint density at radius 1 is 1.44 bits per heavy atom. The molecule has 1 heterocycles. The molecule has 2 atom stereocenters. The largest absolute Gasteiger partial charge is 0.460 e. The third-order valence-electron chi connectivity index (χ3n) is 2.97. The Bertz CT molecular complexity index is 325. The van der Waals surface area contributed by atoms with Gasteiger partial charge in [0.15, 0.2) is 0 Å². The topological polar surface area (TPSA) is 35.5 Å². The first-order valence-electron chi connectivity index (χ1n) is 6.42. The van der Waals surface area contributed by atoms with Crippen molar-refractivity contribution in [1.29, 1.82) is 0 Å². The second kappa shape index (κ2) is 6.19. The van der Waals surface area contributed by atoms with Gasteiger partial charge in [0.05, 0.1) is 19.6 Å². The van der Waals surface area contributed by atoms with Gasteiger partial charge < -0.3 is 9.47 Å². The van der Waals surface area contributed by atoms with Crippen molar-refractivity contribution in [3.05, 3.63) is 24.8 Å². The first-order chi connectivity index (χ1) is 8.33. The van der Waals surface area contributed by atoms with Crippen LogP contribution in [-0.4, -0.2) is 24.8 Å². The maximum absolute atomic E-state index is 11.8. The molecular formula is C15H24O3. The highest BCUT2D eigenvalue weighted by Gasteiger charge is 2.29. The summed E-state index contributed by atoms with van der Waals surface area (Å²) in [6, 6.07) is 0. The molecule has 0 amide bonds. The second-order valence-corrected chi connectivity index (χ2v) is 5.82. The van der Waals surface area contributed by atoms with Crippen LogP contribution in [0.2, 0.25) is 0 Å². The van der Waals surface area contributed by atoms with Crippen molar-refractivity contribution in [1.82, 2.24) is 0 Å². The molecule has 0 aliphatic carbocycles. The first kappa shape index (κ1) is 15.0. The van der Waals surface area contributed by atoms with Crippen molar-refractivity contribution in [3.8, 4) is 0 Å². The second-order valence-electron chi connectivity index (χ2n) is 5.82. The summed E-state index contributed by atoms with van der Waals surface area (Å²) in [5.41, 5.74) is 0.654. The van der Waals surface area contributed by atoms with Gasteiger partial charge in [-0.25, -0.2) is 0 Å². The van der Waals surface area contributed by atoms with Crippen molar-refractivity contribution < 1.29 is 14.3 Å². The molecule has 0 aromatic carbocycles. The summed E-state index contributed by atoms with van der Waals surface area (Å²) in [6.45, 7) is 14.7. The third kappa shape index (κ3) is 4.65. The minimum Gasteiger partial charge on any atom is -0.460 e. The van der Waals surface area contributed by atoms with E-state index in [1.54, 1.807) is 0 Å². The zero-order valence-electron chi connectivity index (χ0n) is 11.7. The van der Waals surface area contributed by atoms with Crippen molar-refractivity contribution >= 4 is 5.97 Å². The molecule has 1 unspecified atom stereocenters. The fraction of sp³-hybridized carbons (Fsp3) is 0.667. The van der Waals surface area contributed by atoms with E-state index < -0.39 is 5.60 Å².